The lowest BCUT2D eigenvalue weighted by Gasteiger charge is -2.07. The predicted octanol–water partition coefficient (Wildman–Crippen LogP) is 3.40. The van der Waals surface area contributed by atoms with Crippen molar-refractivity contribution in [3.63, 3.8) is 0 Å². The molecule has 0 aliphatic carbocycles. The maximum absolute atomic E-state index is 3.37. The highest BCUT2D eigenvalue weighted by Gasteiger charge is 1.96. The number of aryl methyl sites for hydroxylation is 1. The number of hydrogen-bond donors (Lipinski definition) is 1. The lowest BCUT2D eigenvalue weighted by molar-refractivity contribution is 0.762. The van der Waals surface area contributed by atoms with E-state index in [0.717, 1.165) is 19.5 Å². The summed E-state index contributed by atoms with van der Waals surface area (Å²) < 4.78 is 0. The third kappa shape index (κ3) is 3.88. The highest BCUT2D eigenvalue weighted by atomic mass is 14.8. The topological polar surface area (TPSA) is 12.0 Å². The largest absolute Gasteiger partial charge is 0.313 e. The second-order valence-electron chi connectivity index (χ2n) is 3.79. The summed E-state index contributed by atoms with van der Waals surface area (Å²) >= 11 is 0. The van der Waals surface area contributed by atoms with Gasteiger partial charge in [-0.15, -0.1) is 0 Å². The van der Waals surface area contributed by atoms with E-state index in [-0.39, 0.29) is 0 Å². The van der Waals surface area contributed by atoms with Crippen LogP contribution >= 0.6 is 0 Å². The molecule has 1 aromatic carbocycles. The molecule has 0 aliphatic rings. The van der Waals surface area contributed by atoms with Gasteiger partial charge in [-0.25, -0.2) is 0 Å². The third-order valence-corrected chi connectivity index (χ3v) is 2.60. The van der Waals surface area contributed by atoms with Crippen LogP contribution in [0.1, 0.15) is 31.4 Å². The van der Waals surface area contributed by atoms with E-state index in [1.54, 1.807) is 0 Å². The van der Waals surface area contributed by atoms with Crippen molar-refractivity contribution in [3.05, 3.63) is 41.0 Å². The number of rotatable bonds is 5. The first-order valence-electron chi connectivity index (χ1n) is 5.73. The smallest absolute Gasteiger partial charge is 0.0167 e. The van der Waals surface area contributed by atoms with E-state index in [2.05, 4.69) is 56.4 Å². The minimum atomic E-state index is 1.00. The fraction of sp³-hybridized carbons (Fsp3) is 0.429. The zero-order valence-electron chi connectivity index (χ0n) is 10.0. The Hall–Kier alpha value is -1.08. The molecule has 0 unspecified atom stereocenters. The van der Waals surface area contributed by atoms with E-state index >= 15 is 0 Å². The Balaban J connectivity index is 2.78. The van der Waals surface area contributed by atoms with Gasteiger partial charge in [0.15, 0.2) is 0 Å². The van der Waals surface area contributed by atoms with Gasteiger partial charge in [-0.3, -0.25) is 0 Å². The standard InChI is InChI=1S/C14H21N/c1-4-13(11-15-5-2)10-14-9-7-6-8-12(14)3/h6-10,15H,4-5,11H2,1-3H3. The summed E-state index contributed by atoms with van der Waals surface area (Å²) in [6.07, 6.45) is 3.42. The molecule has 1 rings (SSSR count). The van der Waals surface area contributed by atoms with E-state index in [0.29, 0.717) is 0 Å². The van der Waals surface area contributed by atoms with Crippen LogP contribution in [0, 0.1) is 6.92 Å². The van der Waals surface area contributed by atoms with Gasteiger partial charge in [-0.2, -0.15) is 0 Å². The van der Waals surface area contributed by atoms with Crippen LogP contribution in [-0.4, -0.2) is 13.1 Å². The van der Waals surface area contributed by atoms with Crippen LogP contribution < -0.4 is 5.32 Å². The van der Waals surface area contributed by atoms with Gasteiger partial charge in [0.1, 0.15) is 0 Å². The molecule has 0 bridgehead atoms. The van der Waals surface area contributed by atoms with Crippen LogP contribution in [-0.2, 0) is 0 Å². The molecule has 0 saturated carbocycles. The molecule has 0 heterocycles. The summed E-state index contributed by atoms with van der Waals surface area (Å²) in [4.78, 5) is 0. The summed E-state index contributed by atoms with van der Waals surface area (Å²) in [5.74, 6) is 0. The lowest BCUT2D eigenvalue weighted by atomic mass is 10.0. The molecule has 82 valence electrons. The summed E-state index contributed by atoms with van der Waals surface area (Å²) in [7, 11) is 0. The monoisotopic (exact) mass is 203 g/mol. The Morgan fingerprint density at radius 2 is 2.00 bits per heavy atom. The number of nitrogens with one attached hydrogen (secondary N) is 1. The molecule has 0 fully saturated rings. The molecule has 0 spiro atoms. The van der Waals surface area contributed by atoms with Gasteiger partial charge in [0.05, 0.1) is 0 Å². The minimum absolute atomic E-state index is 1.00. The Morgan fingerprint density at radius 3 is 2.60 bits per heavy atom. The maximum Gasteiger partial charge on any atom is 0.0167 e. The Bertz CT molecular complexity index is 326. The van der Waals surface area contributed by atoms with Crippen molar-refractivity contribution in [2.75, 3.05) is 13.1 Å². The zero-order valence-corrected chi connectivity index (χ0v) is 10.0. The summed E-state index contributed by atoms with van der Waals surface area (Å²) in [6, 6.07) is 8.52. The van der Waals surface area contributed by atoms with Crippen molar-refractivity contribution in [2.45, 2.75) is 27.2 Å². The van der Waals surface area contributed by atoms with Gasteiger partial charge in [0.2, 0.25) is 0 Å². The van der Waals surface area contributed by atoms with E-state index in [4.69, 9.17) is 0 Å². The SMILES string of the molecule is CCNCC(=Cc1ccccc1C)CC. The molecule has 0 aliphatic heterocycles. The first-order chi connectivity index (χ1) is 7.27. The average Bonchev–Trinajstić information content (AvgIpc) is 2.26. The molecule has 1 N–H and O–H groups in total. The van der Waals surface area contributed by atoms with E-state index < -0.39 is 0 Å². The Kier molecular flexibility index (Phi) is 5.13. The first-order valence-corrected chi connectivity index (χ1v) is 5.73. The Labute approximate surface area is 93.2 Å². The van der Waals surface area contributed by atoms with Crippen molar-refractivity contribution in [1.29, 1.82) is 0 Å². The van der Waals surface area contributed by atoms with Crippen LogP contribution in [0.4, 0.5) is 0 Å². The van der Waals surface area contributed by atoms with Crippen LogP contribution in [0.5, 0.6) is 0 Å². The fourth-order valence-electron chi connectivity index (χ4n) is 1.53. The van der Waals surface area contributed by atoms with Crippen molar-refractivity contribution in [1.82, 2.24) is 5.32 Å². The molecule has 0 amide bonds. The maximum atomic E-state index is 3.37. The minimum Gasteiger partial charge on any atom is -0.313 e. The fourth-order valence-corrected chi connectivity index (χ4v) is 1.53. The molecular weight excluding hydrogens is 182 g/mol. The molecular formula is C14H21N. The van der Waals surface area contributed by atoms with Crippen molar-refractivity contribution in [3.8, 4) is 0 Å². The molecule has 0 aromatic heterocycles. The van der Waals surface area contributed by atoms with Crippen LogP contribution in [0.2, 0.25) is 0 Å². The van der Waals surface area contributed by atoms with Gasteiger partial charge < -0.3 is 5.32 Å². The van der Waals surface area contributed by atoms with Gasteiger partial charge in [-0.05, 0) is 31.0 Å². The molecule has 15 heavy (non-hydrogen) atoms. The predicted molar refractivity (Wildman–Crippen MR) is 68.0 cm³/mol. The highest BCUT2D eigenvalue weighted by Crippen LogP contribution is 2.13. The quantitative estimate of drug-likeness (QED) is 0.773. The third-order valence-electron chi connectivity index (χ3n) is 2.60. The van der Waals surface area contributed by atoms with Gasteiger partial charge in [0, 0.05) is 6.54 Å². The number of likely N-dealkylation sites (N-methyl/N-ethyl adjacent to an activating group) is 1. The summed E-state index contributed by atoms with van der Waals surface area (Å²) in [5.41, 5.74) is 4.15. The molecule has 1 heteroatoms. The lowest BCUT2D eigenvalue weighted by Crippen LogP contribution is -2.15. The number of benzene rings is 1. The molecule has 1 nitrogen and oxygen atoms in total. The second-order valence-corrected chi connectivity index (χ2v) is 3.79. The molecule has 0 saturated heterocycles. The summed E-state index contributed by atoms with van der Waals surface area (Å²) in [5, 5.41) is 3.37. The number of hydrogen-bond acceptors (Lipinski definition) is 1. The summed E-state index contributed by atoms with van der Waals surface area (Å²) in [6.45, 7) is 8.54. The Morgan fingerprint density at radius 1 is 1.27 bits per heavy atom. The molecule has 0 radical (unpaired) electrons. The molecule has 0 atom stereocenters. The zero-order chi connectivity index (χ0) is 11.1. The molecule has 1 aromatic rings. The van der Waals surface area contributed by atoms with Crippen LogP contribution in [0.15, 0.2) is 29.8 Å². The van der Waals surface area contributed by atoms with Gasteiger partial charge >= 0.3 is 0 Å². The second kappa shape index (κ2) is 6.41. The van der Waals surface area contributed by atoms with Crippen molar-refractivity contribution >= 4 is 6.08 Å². The van der Waals surface area contributed by atoms with E-state index in [1.807, 2.05) is 0 Å². The highest BCUT2D eigenvalue weighted by molar-refractivity contribution is 5.56. The van der Waals surface area contributed by atoms with Gasteiger partial charge in [0.25, 0.3) is 0 Å². The van der Waals surface area contributed by atoms with E-state index in [9.17, 15) is 0 Å². The van der Waals surface area contributed by atoms with Crippen molar-refractivity contribution in [2.24, 2.45) is 0 Å². The van der Waals surface area contributed by atoms with Crippen LogP contribution in [0.3, 0.4) is 0 Å². The average molecular weight is 203 g/mol. The van der Waals surface area contributed by atoms with Crippen molar-refractivity contribution < 1.29 is 0 Å². The van der Waals surface area contributed by atoms with Gasteiger partial charge in [-0.1, -0.05) is 49.8 Å². The first kappa shape index (κ1) is 12.0. The van der Waals surface area contributed by atoms with Crippen LogP contribution in [0.25, 0.3) is 6.08 Å². The van der Waals surface area contributed by atoms with E-state index in [1.165, 1.54) is 16.7 Å². The normalized spacial score (nSPS) is 11.8.